The molecule has 5 nitrogen and oxygen atoms in total. The molecule has 1 aliphatic rings. The minimum atomic E-state index is -0.623. The Labute approximate surface area is 170 Å². The van der Waals surface area contributed by atoms with Crippen LogP contribution in [0.15, 0.2) is 24.3 Å². The Hall–Kier alpha value is -2.39. The molecule has 1 amide bonds. The summed E-state index contributed by atoms with van der Waals surface area (Å²) in [6.07, 6.45) is 5.93. The van der Waals surface area contributed by atoms with Crippen molar-refractivity contribution in [2.45, 2.75) is 58.5 Å². The number of carbonyl (C=O) groups excluding carboxylic acids is 1. The van der Waals surface area contributed by atoms with Gasteiger partial charge in [0.15, 0.2) is 6.10 Å². The highest BCUT2D eigenvalue weighted by Crippen LogP contribution is 2.27. The summed E-state index contributed by atoms with van der Waals surface area (Å²) < 4.78 is 5.89. The summed E-state index contributed by atoms with van der Waals surface area (Å²) in [6, 6.07) is 9.12. The van der Waals surface area contributed by atoms with Crippen LogP contribution in [0.25, 0.3) is 0 Å². The molecule has 6 heteroatoms. The van der Waals surface area contributed by atoms with Crippen LogP contribution in [0.1, 0.15) is 54.3 Å². The normalized spacial score (nSPS) is 14.2. The Morgan fingerprint density at radius 3 is 2.86 bits per heavy atom. The van der Waals surface area contributed by atoms with E-state index >= 15 is 0 Å². The molecule has 0 saturated carbocycles. The fourth-order valence-corrected chi connectivity index (χ4v) is 4.55. The molecule has 1 atom stereocenters. The zero-order chi connectivity index (χ0) is 19.9. The maximum atomic E-state index is 12.6. The first kappa shape index (κ1) is 20.3. The third-order valence-corrected chi connectivity index (χ3v) is 6.10. The first-order valence-electron chi connectivity index (χ1n) is 9.99. The molecule has 3 rings (SSSR count). The van der Waals surface area contributed by atoms with Gasteiger partial charge in [0.25, 0.3) is 5.91 Å². The number of amides is 1. The van der Waals surface area contributed by atoms with Crippen molar-refractivity contribution in [2.24, 2.45) is 5.92 Å². The summed E-state index contributed by atoms with van der Waals surface area (Å²) in [4.78, 5) is 18.8. The molecule has 0 radical (unpaired) electrons. The number of fused-ring (bicyclic) bond motifs is 1. The predicted octanol–water partition coefficient (Wildman–Crippen LogP) is 4.05. The summed E-state index contributed by atoms with van der Waals surface area (Å²) in [6.45, 7) is 4.48. The van der Waals surface area contributed by atoms with Crippen LogP contribution >= 0.6 is 11.3 Å². The van der Waals surface area contributed by atoms with Gasteiger partial charge in [0.05, 0.1) is 16.3 Å². The molecule has 1 aliphatic carbocycles. The lowest BCUT2D eigenvalue weighted by atomic mass is 10.0. The van der Waals surface area contributed by atoms with E-state index in [0.29, 0.717) is 17.9 Å². The topological polar surface area (TPSA) is 75.0 Å². The van der Waals surface area contributed by atoms with Crippen molar-refractivity contribution in [1.82, 2.24) is 10.3 Å². The quantitative estimate of drug-likeness (QED) is 0.682. The number of thiazole rings is 1. The number of nitrogens with zero attached hydrogens (tertiary/aromatic N) is 2. The molecular formula is C22H27N3O2S. The van der Waals surface area contributed by atoms with E-state index in [1.54, 1.807) is 24.3 Å². The van der Waals surface area contributed by atoms with Crippen LogP contribution in [0.3, 0.4) is 0 Å². The highest BCUT2D eigenvalue weighted by Gasteiger charge is 2.25. The number of nitrogens with one attached hydrogen (secondary N) is 1. The monoisotopic (exact) mass is 397 g/mol. The Kier molecular flexibility index (Phi) is 7.05. The van der Waals surface area contributed by atoms with E-state index < -0.39 is 6.10 Å². The number of carbonyl (C=O) groups is 1. The molecule has 0 aliphatic heterocycles. The van der Waals surface area contributed by atoms with Gasteiger partial charge < -0.3 is 10.1 Å². The number of aryl methyl sites for hydroxylation is 3. The lowest BCUT2D eigenvalue weighted by Crippen LogP contribution is -2.42. The summed E-state index contributed by atoms with van der Waals surface area (Å²) in [5.41, 5.74) is 1.73. The van der Waals surface area contributed by atoms with Gasteiger partial charge in [0, 0.05) is 17.8 Å². The zero-order valence-electron chi connectivity index (χ0n) is 16.5. The van der Waals surface area contributed by atoms with Crippen LogP contribution in [0.5, 0.6) is 5.75 Å². The predicted molar refractivity (Wildman–Crippen MR) is 110 cm³/mol. The average molecular weight is 398 g/mol. The third kappa shape index (κ3) is 5.11. The van der Waals surface area contributed by atoms with Crippen molar-refractivity contribution in [3.8, 4) is 11.8 Å². The van der Waals surface area contributed by atoms with Crippen LogP contribution < -0.4 is 10.1 Å². The van der Waals surface area contributed by atoms with Gasteiger partial charge in [-0.15, -0.1) is 11.3 Å². The number of benzene rings is 1. The minimum Gasteiger partial charge on any atom is -0.479 e. The van der Waals surface area contributed by atoms with E-state index in [0.717, 1.165) is 19.3 Å². The molecule has 28 heavy (non-hydrogen) atoms. The van der Waals surface area contributed by atoms with E-state index in [2.05, 4.69) is 11.4 Å². The van der Waals surface area contributed by atoms with Gasteiger partial charge in [-0.3, -0.25) is 4.79 Å². The molecule has 1 unspecified atom stereocenters. The number of hydrogen-bond donors (Lipinski definition) is 1. The Balaban J connectivity index is 1.50. The lowest BCUT2D eigenvalue weighted by molar-refractivity contribution is -0.129. The number of aromatic nitrogens is 1. The summed E-state index contributed by atoms with van der Waals surface area (Å²) in [7, 11) is 0. The highest BCUT2D eigenvalue weighted by molar-refractivity contribution is 7.11. The molecule has 1 N–H and O–H groups in total. The summed E-state index contributed by atoms with van der Waals surface area (Å²) in [5.74, 6) is 0.311. The van der Waals surface area contributed by atoms with Crippen molar-refractivity contribution < 1.29 is 9.53 Å². The molecule has 1 heterocycles. The van der Waals surface area contributed by atoms with Crippen molar-refractivity contribution in [2.75, 3.05) is 6.54 Å². The first-order valence-corrected chi connectivity index (χ1v) is 10.8. The molecule has 0 bridgehead atoms. The van der Waals surface area contributed by atoms with Gasteiger partial charge in [-0.25, -0.2) is 4.98 Å². The van der Waals surface area contributed by atoms with Crippen LogP contribution in [-0.2, 0) is 24.1 Å². The Morgan fingerprint density at radius 2 is 2.11 bits per heavy atom. The summed E-state index contributed by atoms with van der Waals surface area (Å²) in [5, 5.41) is 13.4. The van der Waals surface area contributed by atoms with Gasteiger partial charge >= 0.3 is 0 Å². The first-order chi connectivity index (χ1) is 13.6. The Morgan fingerprint density at radius 1 is 1.32 bits per heavy atom. The molecule has 2 aromatic rings. The molecule has 148 valence electrons. The van der Waals surface area contributed by atoms with Gasteiger partial charge in [0.1, 0.15) is 11.8 Å². The third-order valence-electron chi connectivity index (χ3n) is 4.88. The molecular weight excluding hydrogens is 370 g/mol. The summed E-state index contributed by atoms with van der Waals surface area (Å²) >= 11 is 1.83. The number of nitriles is 1. The smallest absolute Gasteiger partial charge is 0.261 e. The highest BCUT2D eigenvalue weighted by atomic mass is 32.1. The number of hydrogen-bond acceptors (Lipinski definition) is 5. The standard InChI is InChI=1S/C22H27N3O2S/c1-15(2)21(27-18-10-5-3-8-16(18)14-23)22(26)24-13-7-12-20-25-17-9-4-6-11-19(17)28-20/h3,5,8,10,15,21H,4,6-7,9,11-13H2,1-2H3,(H,24,26). The second-order valence-electron chi connectivity index (χ2n) is 7.47. The van der Waals surface area contributed by atoms with E-state index in [1.807, 2.05) is 25.2 Å². The molecule has 1 aromatic carbocycles. The zero-order valence-corrected chi connectivity index (χ0v) is 17.3. The van der Waals surface area contributed by atoms with E-state index in [9.17, 15) is 10.1 Å². The largest absolute Gasteiger partial charge is 0.479 e. The van der Waals surface area contributed by atoms with Crippen molar-refractivity contribution in [1.29, 1.82) is 5.26 Å². The van der Waals surface area contributed by atoms with Crippen molar-refractivity contribution >= 4 is 17.2 Å². The van der Waals surface area contributed by atoms with E-state index in [4.69, 9.17) is 9.72 Å². The van der Waals surface area contributed by atoms with Crippen LogP contribution in [0, 0.1) is 17.2 Å². The molecule has 0 fully saturated rings. The molecule has 0 saturated heterocycles. The van der Waals surface area contributed by atoms with E-state index in [1.165, 1.54) is 34.8 Å². The van der Waals surface area contributed by atoms with Crippen LogP contribution in [0.2, 0.25) is 0 Å². The molecule has 0 spiro atoms. The van der Waals surface area contributed by atoms with Crippen LogP contribution in [-0.4, -0.2) is 23.5 Å². The maximum Gasteiger partial charge on any atom is 0.261 e. The molecule has 1 aromatic heterocycles. The van der Waals surface area contributed by atoms with Crippen molar-refractivity contribution in [3.63, 3.8) is 0 Å². The van der Waals surface area contributed by atoms with Gasteiger partial charge in [-0.1, -0.05) is 26.0 Å². The van der Waals surface area contributed by atoms with Gasteiger partial charge in [-0.05, 0) is 50.2 Å². The lowest BCUT2D eigenvalue weighted by Gasteiger charge is -2.22. The fourth-order valence-electron chi connectivity index (χ4n) is 3.36. The fraction of sp³-hybridized carbons (Fsp3) is 0.500. The average Bonchev–Trinajstić information content (AvgIpc) is 3.12. The van der Waals surface area contributed by atoms with Gasteiger partial charge in [0.2, 0.25) is 0 Å². The number of para-hydroxylation sites is 1. The number of ether oxygens (including phenoxy) is 1. The van der Waals surface area contributed by atoms with Crippen molar-refractivity contribution in [3.05, 3.63) is 45.4 Å². The van der Waals surface area contributed by atoms with E-state index in [-0.39, 0.29) is 11.8 Å². The maximum absolute atomic E-state index is 12.6. The Bertz CT molecular complexity index is 830. The SMILES string of the molecule is CC(C)C(Oc1ccccc1C#N)C(=O)NCCCc1nc2c(s1)CCCC2. The van der Waals surface area contributed by atoms with Gasteiger partial charge in [-0.2, -0.15) is 5.26 Å². The minimum absolute atomic E-state index is 0.00237. The van der Waals surface area contributed by atoms with Crippen LogP contribution in [0.4, 0.5) is 0 Å². The second-order valence-corrected chi connectivity index (χ2v) is 8.64. The number of rotatable bonds is 8. The second kappa shape index (κ2) is 9.70.